The van der Waals surface area contributed by atoms with Crippen molar-refractivity contribution in [2.45, 2.75) is 18.9 Å². The quantitative estimate of drug-likeness (QED) is 0.371. The molecule has 1 atom stereocenters. The maximum absolute atomic E-state index is 13.4. The highest BCUT2D eigenvalue weighted by Gasteiger charge is 2.26. The number of fused-ring (bicyclic) bond motifs is 1. The molecule has 2 heterocycles. The Morgan fingerprint density at radius 3 is 2.11 bits per heavy atom. The topological polar surface area (TPSA) is 101 Å². The fourth-order valence-electron chi connectivity index (χ4n) is 3.68. The minimum Gasteiger partial charge on any atom is -0.493 e. The molecule has 0 aliphatic heterocycles. The maximum atomic E-state index is 13.4. The highest BCUT2D eigenvalue weighted by atomic mass is 19.1. The number of carbonyl (C=O) groups excluding carboxylic acids is 1. The van der Waals surface area contributed by atoms with E-state index in [2.05, 4.69) is 4.98 Å². The molecule has 4 aromatic rings. The van der Waals surface area contributed by atoms with Crippen LogP contribution in [0, 0.1) is 11.6 Å². The highest BCUT2D eigenvalue weighted by molar-refractivity contribution is 5.78. The van der Waals surface area contributed by atoms with Gasteiger partial charge in [-0.2, -0.15) is 0 Å². The maximum Gasteiger partial charge on any atom is 0.423 e. The molecule has 2 aromatic heterocycles. The van der Waals surface area contributed by atoms with E-state index in [-0.39, 0.29) is 23.5 Å². The zero-order valence-electron chi connectivity index (χ0n) is 18.7. The predicted octanol–water partition coefficient (Wildman–Crippen LogP) is 3.57. The van der Waals surface area contributed by atoms with Gasteiger partial charge < -0.3 is 13.9 Å². The zero-order chi connectivity index (χ0) is 25.1. The third kappa shape index (κ3) is 4.81. The van der Waals surface area contributed by atoms with Gasteiger partial charge in [0.15, 0.2) is 11.3 Å². The molecule has 0 fully saturated rings. The largest absolute Gasteiger partial charge is 0.493 e. The van der Waals surface area contributed by atoms with E-state index in [1.54, 1.807) is 0 Å². The molecular formula is C25H20F2N2O6. The van der Waals surface area contributed by atoms with Crippen LogP contribution in [-0.4, -0.2) is 29.2 Å². The van der Waals surface area contributed by atoms with Gasteiger partial charge in [-0.15, -0.1) is 0 Å². The van der Waals surface area contributed by atoms with Crippen molar-refractivity contribution >= 4 is 17.1 Å². The van der Waals surface area contributed by atoms with Gasteiger partial charge in [-0.25, -0.2) is 27.9 Å². The molecular weight excluding hydrogens is 462 g/mol. The van der Waals surface area contributed by atoms with Gasteiger partial charge in [0, 0.05) is 18.2 Å². The van der Waals surface area contributed by atoms with Crippen LogP contribution in [0.3, 0.4) is 0 Å². The number of benzene rings is 2. The van der Waals surface area contributed by atoms with Gasteiger partial charge in [-0.05, 0) is 42.3 Å². The van der Waals surface area contributed by atoms with Crippen LogP contribution < -0.4 is 16.1 Å². The summed E-state index contributed by atoms with van der Waals surface area (Å²) < 4.78 is 43.2. The SMILES string of the molecule is COc1ccnc2c(=O)n(C(C)C(=O)OCC(c3ccc(F)cc3)c3ccc(F)cc3)c(=O)oc12. The van der Waals surface area contributed by atoms with Crippen LogP contribution in [0.25, 0.3) is 11.1 Å². The van der Waals surface area contributed by atoms with Crippen LogP contribution in [0.2, 0.25) is 0 Å². The summed E-state index contributed by atoms with van der Waals surface area (Å²) in [6.07, 6.45) is 1.31. The third-order valence-corrected chi connectivity index (χ3v) is 5.56. The molecule has 0 N–H and O–H groups in total. The lowest BCUT2D eigenvalue weighted by atomic mass is 9.92. The smallest absolute Gasteiger partial charge is 0.423 e. The fraction of sp³-hybridized carbons (Fsp3) is 0.200. The Morgan fingerprint density at radius 1 is 1.00 bits per heavy atom. The fourth-order valence-corrected chi connectivity index (χ4v) is 3.68. The number of nitrogens with zero attached hydrogens (tertiary/aromatic N) is 2. The summed E-state index contributed by atoms with van der Waals surface area (Å²) >= 11 is 0. The van der Waals surface area contributed by atoms with Gasteiger partial charge in [0.05, 0.1) is 7.11 Å². The van der Waals surface area contributed by atoms with Crippen LogP contribution in [-0.2, 0) is 9.53 Å². The van der Waals surface area contributed by atoms with E-state index in [9.17, 15) is 23.2 Å². The number of ether oxygens (including phenoxy) is 2. The Balaban J connectivity index is 1.62. The monoisotopic (exact) mass is 482 g/mol. The molecule has 1 unspecified atom stereocenters. The van der Waals surface area contributed by atoms with Crippen molar-refractivity contribution < 1.29 is 27.5 Å². The molecule has 10 heteroatoms. The van der Waals surface area contributed by atoms with Crippen LogP contribution in [0.4, 0.5) is 8.78 Å². The van der Waals surface area contributed by atoms with Crippen molar-refractivity contribution in [2.75, 3.05) is 13.7 Å². The molecule has 0 spiro atoms. The Labute approximate surface area is 197 Å². The summed E-state index contributed by atoms with van der Waals surface area (Å²) in [5, 5.41) is 0. The Morgan fingerprint density at radius 2 is 1.57 bits per heavy atom. The van der Waals surface area contributed by atoms with E-state index in [0.29, 0.717) is 15.7 Å². The van der Waals surface area contributed by atoms with Gasteiger partial charge >= 0.3 is 11.7 Å². The molecule has 0 aliphatic carbocycles. The van der Waals surface area contributed by atoms with E-state index >= 15 is 0 Å². The summed E-state index contributed by atoms with van der Waals surface area (Å²) in [4.78, 5) is 42.3. The summed E-state index contributed by atoms with van der Waals surface area (Å²) in [6, 6.07) is 11.3. The molecule has 0 bridgehead atoms. The lowest BCUT2D eigenvalue weighted by molar-refractivity contribution is -0.147. The number of hydrogen-bond donors (Lipinski definition) is 0. The number of pyridine rings is 1. The van der Waals surface area contributed by atoms with Crippen molar-refractivity contribution in [3.8, 4) is 5.75 Å². The van der Waals surface area contributed by atoms with Gasteiger partial charge in [-0.1, -0.05) is 24.3 Å². The zero-order valence-corrected chi connectivity index (χ0v) is 18.7. The molecule has 0 saturated heterocycles. The van der Waals surface area contributed by atoms with Crippen molar-refractivity contribution in [3.63, 3.8) is 0 Å². The van der Waals surface area contributed by atoms with Gasteiger partial charge in [0.25, 0.3) is 5.56 Å². The first-order valence-electron chi connectivity index (χ1n) is 10.6. The molecule has 8 nitrogen and oxygen atoms in total. The lowest BCUT2D eigenvalue weighted by Crippen LogP contribution is -2.39. The Kier molecular flexibility index (Phi) is 6.72. The van der Waals surface area contributed by atoms with Crippen molar-refractivity contribution in [3.05, 3.63) is 104 Å². The third-order valence-electron chi connectivity index (χ3n) is 5.56. The van der Waals surface area contributed by atoms with Crippen LogP contribution >= 0.6 is 0 Å². The first kappa shape index (κ1) is 23.8. The standard InChI is InChI=1S/C25H20F2N2O6/c1-14(29-23(30)21-22(35-25(29)32)20(33-2)11-12-28-21)24(31)34-13-19(15-3-7-17(26)8-4-15)16-5-9-18(27)10-6-16/h3-12,14,19H,13H2,1-2H3. The molecule has 180 valence electrons. The van der Waals surface area contributed by atoms with Crippen molar-refractivity contribution in [1.82, 2.24) is 9.55 Å². The number of aromatic nitrogens is 2. The Hall–Kier alpha value is -4.34. The lowest BCUT2D eigenvalue weighted by Gasteiger charge is -2.20. The minimum absolute atomic E-state index is 0.130. The minimum atomic E-state index is -1.33. The summed E-state index contributed by atoms with van der Waals surface area (Å²) in [5.41, 5.74) is 0.0936. The first-order valence-corrected chi connectivity index (χ1v) is 10.6. The summed E-state index contributed by atoms with van der Waals surface area (Å²) in [5.74, 6) is -3.24. The number of rotatable bonds is 7. The number of carbonyl (C=O) groups is 1. The predicted molar refractivity (Wildman–Crippen MR) is 121 cm³/mol. The normalized spacial score (nSPS) is 12.0. The first-order chi connectivity index (χ1) is 16.8. The number of hydrogen-bond acceptors (Lipinski definition) is 7. The van der Waals surface area contributed by atoms with E-state index in [4.69, 9.17) is 13.9 Å². The highest BCUT2D eigenvalue weighted by Crippen LogP contribution is 2.26. The van der Waals surface area contributed by atoms with E-state index in [1.807, 2.05) is 0 Å². The molecule has 0 amide bonds. The molecule has 35 heavy (non-hydrogen) atoms. The average molecular weight is 482 g/mol. The van der Waals surface area contributed by atoms with E-state index in [0.717, 1.165) is 0 Å². The Bertz CT molecular complexity index is 1430. The van der Waals surface area contributed by atoms with E-state index < -0.39 is 40.9 Å². The second-order valence-corrected chi connectivity index (χ2v) is 7.70. The molecule has 2 aromatic carbocycles. The summed E-state index contributed by atoms with van der Waals surface area (Å²) in [6.45, 7) is 1.11. The number of methoxy groups -OCH3 is 1. The number of esters is 1. The van der Waals surface area contributed by atoms with Crippen LogP contribution in [0.1, 0.15) is 30.0 Å². The molecule has 4 rings (SSSR count). The molecule has 0 aliphatic rings. The van der Waals surface area contributed by atoms with E-state index in [1.165, 1.54) is 74.8 Å². The van der Waals surface area contributed by atoms with Crippen molar-refractivity contribution in [2.24, 2.45) is 0 Å². The van der Waals surface area contributed by atoms with Crippen molar-refractivity contribution in [1.29, 1.82) is 0 Å². The van der Waals surface area contributed by atoms with Gasteiger partial charge in [-0.3, -0.25) is 4.79 Å². The number of halogens is 2. The average Bonchev–Trinajstić information content (AvgIpc) is 2.85. The summed E-state index contributed by atoms with van der Waals surface area (Å²) in [7, 11) is 1.35. The molecule has 0 saturated carbocycles. The second-order valence-electron chi connectivity index (χ2n) is 7.70. The second kappa shape index (κ2) is 9.88. The van der Waals surface area contributed by atoms with Crippen LogP contribution in [0.15, 0.2) is 74.8 Å². The molecule has 0 radical (unpaired) electrons. The van der Waals surface area contributed by atoms with Gasteiger partial charge in [0.2, 0.25) is 5.58 Å². The van der Waals surface area contributed by atoms with Crippen LogP contribution in [0.5, 0.6) is 5.75 Å². The van der Waals surface area contributed by atoms with Gasteiger partial charge in [0.1, 0.15) is 24.3 Å².